The molecule has 158 valence electrons. The lowest BCUT2D eigenvalue weighted by Gasteiger charge is -2.18. The van der Waals surface area contributed by atoms with E-state index in [-0.39, 0.29) is 18.2 Å². The number of hydrogen-bond acceptors (Lipinski definition) is 2. The van der Waals surface area contributed by atoms with Gasteiger partial charge in [-0.05, 0) is 53.6 Å². The maximum atomic E-state index is 12.8. The Morgan fingerprint density at radius 3 is 2.68 bits per heavy atom. The zero-order chi connectivity index (χ0) is 21.8. The Bertz CT molecular complexity index is 1210. The molecule has 0 saturated carbocycles. The van der Waals surface area contributed by atoms with E-state index in [9.17, 15) is 4.79 Å². The second-order valence-electron chi connectivity index (χ2n) is 7.29. The van der Waals surface area contributed by atoms with E-state index in [1.165, 1.54) is 0 Å². The second-order valence-corrected chi connectivity index (χ2v) is 8.54. The molecule has 0 fully saturated rings. The second kappa shape index (κ2) is 9.73. The molecule has 0 saturated heterocycles. The molecule has 0 spiro atoms. The van der Waals surface area contributed by atoms with Gasteiger partial charge < -0.3 is 10.3 Å². The first-order chi connectivity index (χ1) is 15.0. The van der Waals surface area contributed by atoms with E-state index in [1.54, 1.807) is 12.3 Å². The lowest BCUT2D eigenvalue weighted by molar-refractivity contribution is -0.121. The average molecular weight is 473 g/mol. The van der Waals surface area contributed by atoms with Crippen LogP contribution in [-0.2, 0) is 11.2 Å². The number of halogens is 3. The van der Waals surface area contributed by atoms with Crippen LogP contribution in [0.4, 0.5) is 0 Å². The summed E-state index contributed by atoms with van der Waals surface area (Å²) in [6.45, 7) is 0.518. The molecule has 0 bridgehead atoms. The number of carbonyl (C=O) groups is 1. The van der Waals surface area contributed by atoms with Gasteiger partial charge in [0.05, 0.1) is 10.0 Å². The Hall–Kier alpha value is -2.53. The number of pyridine rings is 1. The molecule has 0 aliphatic rings. The predicted octanol–water partition coefficient (Wildman–Crippen LogP) is 6.40. The highest BCUT2D eigenvalue weighted by atomic mass is 35.5. The maximum Gasteiger partial charge on any atom is 0.220 e. The van der Waals surface area contributed by atoms with Gasteiger partial charge in [-0.2, -0.15) is 0 Å². The molecule has 0 aliphatic heterocycles. The first kappa shape index (κ1) is 21.7. The lowest BCUT2D eigenvalue weighted by Crippen LogP contribution is -2.27. The van der Waals surface area contributed by atoms with E-state index < -0.39 is 0 Å². The van der Waals surface area contributed by atoms with Gasteiger partial charge in [0, 0.05) is 59.3 Å². The topological polar surface area (TPSA) is 57.8 Å². The van der Waals surface area contributed by atoms with Crippen LogP contribution < -0.4 is 5.32 Å². The van der Waals surface area contributed by atoms with E-state index in [0.29, 0.717) is 28.0 Å². The zero-order valence-electron chi connectivity index (χ0n) is 16.5. The Kier molecular flexibility index (Phi) is 6.81. The predicted molar refractivity (Wildman–Crippen MR) is 127 cm³/mol. The molecule has 4 nitrogen and oxygen atoms in total. The summed E-state index contributed by atoms with van der Waals surface area (Å²) in [5, 5.41) is 5.55. The van der Waals surface area contributed by atoms with Crippen molar-refractivity contribution in [1.29, 1.82) is 0 Å². The van der Waals surface area contributed by atoms with E-state index in [0.717, 1.165) is 27.7 Å². The van der Waals surface area contributed by atoms with Crippen molar-refractivity contribution in [1.82, 2.24) is 15.3 Å². The fourth-order valence-electron chi connectivity index (χ4n) is 3.67. The van der Waals surface area contributed by atoms with Crippen molar-refractivity contribution in [3.8, 4) is 0 Å². The molecule has 0 unspecified atom stereocenters. The smallest absolute Gasteiger partial charge is 0.220 e. The number of benzene rings is 2. The van der Waals surface area contributed by atoms with Crippen LogP contribution in [0.5, 0.6) is 0 Å². The molecule has 4 aromatic rings. The van der Waals surface area contributed by atoms with Crippen LogP contribution in [-0.4, -0.2) is 22.4 Å². The van der Waals surface area contributed by atoms with Crippen LogP contribution in [0.3, 0.4) is 0 Å². The molecule has 31 heavy (non-hydrogen) atoms. The fraction of sp³-hybridized carbons (Fsp3) is 0.167. The van der Waals surface area contributed by atoms with E-state index in [1.807, 2.05) is 54.7 Å². The summed E-state index contributed by atoms with van der Waals surface area (Å²) < 4.78 is 0. The molecule has 2 aromatic carbocycles. The number of amides is 1. The maximum absolute atomic E-state index is 12.8. The van der Waals surface area contributed by atoms with Crippen molar-refractivity contribution in [2.75, 3.05) is 6.54 Å². The summed E-state index contributed by atoms with van der Waals surface area (Å²) in [4.78, 5) is 20.4. The highest BCUT2D eigenvalue weighted by Gasteiger charge is 2.22. The number of fused-ring (bicyclic) bond motifs is 1. The van der Waals surface area contributed by atoms with E-state index in [2.05, 4.69) is 15.3 Å². The van der Waals surface area contributed by atoms with Gasteiger partial charge in [0.2, 0.25) is 5.91 Å². The van der Waals surface area contributed by atoms with Gasteiger partial charge in [-0.3, -0.25) is 9.78 Å². The number of rotatable bonds is 7. The van der Waals surface area contributed by atoms with Crippen molar-refractivity contribution in [3.63, 3.8) is 0 Å². The van der Waals surface area contributed by atoms with Crippen molar-refractivity contribution >= 4 is 51.6 Å². The molecule has 4 rings (SSSR count). The van der Waals surface area contributed by atoms with Gasteiger partial charge in [-0.1, -0.05) is 46.9 Å². The highest BCUT2D eigenvalue weighted by molar-refractivity contribution is 6.42. The summed E-state index contributed by atoms with van der Waals surface area (Å²) in [6.07, 6.45) is 4.61. The summed E-state index contributed by atoms with van der Waals surface area (Å²) in [7, 11) is 0. The Morgan fingerprint density at radius 2 is 1.90 bits per heavy atom. The van der Waals surface area contributed by atoms with Gasteiger partial charge in [0.15, 0.2) is 0 Å². The molecule has 1 amide bonds. The normalized spacial score (nSPS) is 12.1. The summed E-state index contributed by atoms with van der Waals surface area (Å²) in [5.41, 5.74) is 3.79. The summed E-state index contributed by atoms with van der Waals surface area (Å²) in [6, 6.07) is 16.9. The van der Waals surface area contributed by atoms with Crippen molar-refractivity contribution in [3.05, 3.63) is 98.9 Å². The third kappa shape index (κ3) is 5.21. The van der Waals surface area contributed by atoms with Crippen LogP contribution in [0.1, 0.15) is 29.2 Å². The van der Waals surface area contributed by atoms with Crippen molar-refractivity contribution in [2.24, 2.45) is 0 Å². The summed E-state index contributed by atoms with van der Waals surface area (Å²) in [5.74, 6) is -0.264. The van der Waals surface area contributed by atoms with Gasteiger partial charge in [-0.15, -0.1) is 0 Å². The molecule has 2 heterocycles. The zero-order valence-corrected chi connectivity index (χ0v) is 18.8. The fourth-order valence-corrected chi connectivity index (χ4v) is 4.15. The minimum absolute atomic E-state index is 0.0524. The van der Waals surface area contributed by atoms with Gasteiger partial charge in [-0.25, -0.2) is 0 Å². The van der Waals surface area contributed by atoms with Crippen LogP contribution in [0.15, 0.2) is 67.0 Å². The number of aromatic nitrogens is 2. The molecule has 2 aromatic heterocycles. The van der Waals surface area contributed by atoms with Gasteiger partial charge in [0.25, 0.3) is 0 Å². The number of aromatic amines is 1. The monoisotopic (exact) mass is 471 g/mol. The quantitative estimate of drug-likeness (QED) is 0.327. The first-order valence-corrected chi connectivity index (χ1v) is 11.0. The molecule has 2 N–H and O–H groups in total. The first-order valence-electron chi connectivity index (χ1n) is 9.89. The Labute approximate surface area is 195 Å². The molecule has 1 atom stereocenters. The third-order valence-corrected chi connectivity index (χ3v) is 6.19. The van der Waals surface area contributed by atoms with Crippen molar-refractivity contribution < 1.29 is 4.79 Å². The number of carbonyl (C=O) groups excluding carboxylic acids is 1. The lowest BCUT2D eigenvalue weighted by atomic mass is 9.88. The van der Waals surface area contributed by atoms with Crippen LogP contribution >= 0.6 is 34.8 Å². The number of hydrogen-bond donors (Lipinski definition) is 2. The molecule has 0 aliphatic carbocycles. The largest absolute Gasteiger partial charge is 0.361 e. The van der Waals surface area contributed by atoms with E-state index in [4.69, 9.17) is 34.8 Å². The van der Waals surface area contributed by atoms with E-state index >= 15 is 0 Å². The van der Waals surface area contributed by atoms with Gasteiger partial charge in [0.1, 0.15) is 0 Å². The van der Waals surface area contributed by atoms with Crippen LogP contribution in [0.25, 0.3) is 10.9 Å². The number of nitrogens with zero attached hydrogens (tertiary/aromatic N) is 1. The minimum atomic E-state index is -0.211. The van der Waals surface area contributed by atoms with Crippen LogP contribution in [0, 0.1) is 0 Å². The van der Waals surface area contributed by atoms with Gasteiger partial charge >= 0.3 is 0 Å². The molecular formula is C24H20Cl3N3O. The number of nitrogens with one attached hydrogen (secondary N) is 2. The third-order valence-electron chi connectivity index (χ3n) is 5.22. The van der Waals surface area contributed by atoms with Crippen molar-refractivity contribution in [2.45, 2.75) is 18.8 Å². The molecular weight excluding hydrogens is 453 g/mol. The SMILES string of the molecule is O=C(C[C@H](c1ccc(Cl)c(Cl)c1)c1c[nH]c2ccc(Cl)cc12)NCCc1ccccn1. The number of H-pyrrole nitrogens is 1. The standard InChI is InChI=1S/C24H20Cl3N3O/c25-16-5-7-23-19(12-16)20(14-30-23)18(15-4-6-21(26)22(27)11-15)13-24(31)29-10-8-17-3-1-2-9-28-17/h1-7,9,11-12,14,18,30H,8,10,13H2,(H,29,31)/t18-/m1/s1. The molecule has 0 radical (unpaired) electrons. The Balaban J connectivity index is 1.58. The Morgan fingerprint density at radius 1 is 1.03 bits per heavy atom. The van der Waals surface area contributed by atoms with Crippen LogP contribution in [0.2, 0.25) is 15.1 Å². The highest BCUT2D eigenvalue weighted by Crippen LogP contribution is 2.36. The molecule has 7 heteroatoms. The summed E-state index contributed by atoms with van der Waals surface area (Å²) >= 11 is 18.6. The average Bonchev–Trinajstić information content (AvgIpc) is 3.17. The minimum Gasteiger partial charge on any atom is -0.361 e.